The van der Waals surface area contributed by atoms with E-state index in [2.05, 4.69) is 10.4 Å². The highest BCUT2D eigenvalue weighted by Crippen LogP contribution is 2.19. The molecule has 0 saturated carbocycles. The van der Waals surface area contributed by atoms with Gasteiger partial charge in [-0.2, -0.15) is 20.9 Å². The van der Waals surface area contributed by atoms with E-state index < -0.39 is 0 Å². The van der Waals surface area contributed by atoms with Gasteiger partial charge in [-0.1, -0.05) is 0 Å². The number of allylic oxidation sites excluding steroid dienone is 2. The van der Waals surface area contributed by atoms with Crippen molar-refractivity contribution in [1.29, 1.82) is 15.8 Å². The first kappa shape index (κ1) is 14.1. The minimum absolute atomic E-state index is 0.00584. The van der Waals surface area contributed by atoms with Crippen molar-refractivity contribution in [3.8, 4) is 18.2 Å². The van der Waals surface area contributed by atoms with Gasteiger partial charge in [0.05, 0.1) is 18.7 Å². The average Bonchev–Trinajstić information content (AvgIpc) is 2.89. The maximum Gasteiger partial charge on any atom is 0.163 e. The topological polar surface area (TPSA) is 121 Å². The number of rotatable bonds is 4. The van der Waals surface area contributed by atoms with Gasteiger partial charge >= 0.3 is 0 Å². The Balaban J connectivity index is 2.36. The van der Waals surface area contributed by atoms with Crippen LogP contribution in [-0.2, 0) is 6.54 Å². The number of nitrogens with zero attached hydrogens (tertiary/aromatic N) is 5. The molecule has 1 heterocycles. The molecule has 7 heteroatoms. The fraction of sp³-hybridized carbons (Fsp3) is 0.143. The summed E-state index contributed by atoms with van der Waals surface area (Å²) < 4.78 is 1.62. The summed E-state index contributed by atoms with van der Waals surface area (Å²) in [6.45, 7) is 0.391. The van der Waals surface area contributed by atoms with Gasteiger partial charge in [-0.15, -0.1) is 0 Å². The van der Waals surface area contributed by atoms with Gasteiger partial charge in [0.15, 0.2) is 5.57 Å². The number of anilines is 1. The zero-order valence-electron chi connectivity index (χ0n) is 10.9. The molecular formula is C14H10N6O. The summed E-state index contributed by atoms with van der Waals surface area (Å²) in [5, 5.41) is 43.3. The molecule has 0 unspecified atom stereocenters. The van der Waals surface area contributed by atoms with Gasteiger partial charge < -0.3 is 10.4 Å². The lowest BCUT2D eigenvalue weighted by Crippen LogP contribution is -2.01. The van der Waals surface area contributed by atoms with E-state index in [-0.39, 0.29) is 17.9 Å². The molecule has 0 atom stereocenters. The van der Waals surface area contributed by atoms with Crippen molar-refractivity contribution in [2.45, 2.75) is 6.54 Å². The van der Waals surface area contributed by atoms with Crippen LogP contribution in [0.5, 0.6) is 0 Å². The summed E-state index contributed by atoms with van der Waals surface area (Å²) in [7, 11) is 0. The molecule has 0 aliphatic heterocycles. The van der Waals surface area contributed by atoms with Gasteiger partial charge in [0.1, 0.15) is 23.9 Å². The number of hydrogen-bond acceptors (Lipinski definition) is 6. The Morgan fingerprint density at radius 1 is 1.24 bits per heavy atom. The summed E-state index contributed by atoms with van der Waals surface area (Å²) in [6, 6.07) is 10.3. The molecule has 0 radical (unpaired) electrons. The molecule has 0 bridgehead atoms. The molecule has 2 aromatic rings. The van der Waals surface area contributed by atoms with Gasteiger partial charge in [-0.05, 0) is 18.2 Å². The Bertz CT molecular complexity index is 812. The summed E-state index contributed by atoms with van der Waals surface area (Å²) in [6.07, 6.45) is 1.77. The van der Waals surface area contributed by atoms with E-state index in [0.717, 1.165) is 10.9 Å². The van der Waals surface area contributed by atoms with Crippen LogP contribution in [-0.4, -0.2) is 21.5 Å². The van der Waals surface area contributed by atoms with Crippen LogP contribution in [0, 0.1) is 34.0 Å². The Kier molecular flexibility index (Phi) is 4.16. The van der Waals surface area contributed by atoms with Crippen LogP contribution in [0.25, 0.3) is 10.9 Å². The zero-order valence-corrected chi connectivity index (χ0v) is 10.9. The van der Waals surface area contributed by atoms with E-state index in [4.69, 9.17) is 20.9 Å². The number of hydrogen-bond donors (Lipinski definition) is 2. The van der Waals surface area contributed by atoms with Crippen LogP contribution in [0.4, 0.5) is 5.69 Å². The fourth-order valence-electron chi connectivity index (χ4n) is 1.80. The Labute approximate surface area is 120 Å². The Hall–Kier alpha value is -3.34. The van der Waals surface area contributed by atoms with Crippen LogP contribution in [0.2, 0.25) is 0 Å². The SMILES string of the molecule is N#CC(C#N)=C(C#N)Nc1ccc2nn(CCO)cc2c1. The lowest BCUT2D eigenvalue weighted by molar-refractivity contribution is 0.270. The van der Waals surface area contributed by atoms with Crippen LogP contribution in [0.15, 0.2) is 35.7 Å². The van der Waals surface area contributed by atoms with Crippen LogP contribution in [0.3, 0.4) is 0 Å². The third kappa shape index (κ3) is 2.98. The maximum absolute atomic E-state index is 8.99. The molecule has 0 saturated heterocycles. The monoisotopic (exact) mass is 278 g/mol. The molecule has 1 aromatic heterocycles. The second-order valence-electron chi connectivity index (χ2n) is 4.10. The van der Waals surface area contributed by atoms with Gasteiger partial charge in [-0.25, -0.2) is 0 Å². The highest BCUT2D eigenvalue weighted by Gasteiger charge is 2.07. The zero-order chi connectivity index (χ0) is 15.2. The number of benzene rings is 1. The molecule has 0 fully saturated rings. The van der Waals surface area contributed by atoms with E-state index in [1.54, 1.807) is 47.3 Å². The summed E-state index contributed by atoms with van der Waals surface area (Å²) >= 11 is 0. The molecule has 7 nitrogen and oxygen atoms in total. The lowest BCUT2D eigenvalue weighted by Gasteiger charge is -2.03. The van der Waals surface area contributed by atoms with Gasteiger partial charge in [-0.3, -0.25) is 4.68 Å². The van der Waals surface area contributed by atoms with Crippen molar-refractivity contribution < 1.29 is 5.11 Å². The first-order valence-corrected chi connectivity index (χ1v) is 6.01. The lowest BCUT2D eigenvalue weighted by atomic mass is 10.2. The second kappa shape index (κ2) is 6.21. The molecule has 0 spiro atoms. The van der Waals surface area contributed by atoms with Crippen molar-refractivity contribution in [1.82, 2.24) is 9.78 Å². The number of aromatic nitrogens is 2. The average molecular weight is 278 g/mol. The van der Waals surface area contributed by atoms with E-state index in [1.807, 2.05) is 0 Å². The molecular weight excluding hydrogens is 268 g/mol. The smallest absolute Gasteiger partial charge is 0.163 e. The summed E-state index contributed by atoms with van der Waals surface area (Å²) in [4.78, 5) is 0. The minimum Gasteiger partial charge on any atom is -0.394 e. The largest absolute Gasteiger partial charge is 0.394 e. The number of nitrogens with one attached hydrogen (secondary N) is 1. The predicted octanol–water partition coefficient (Wildman–Crippen LogP) is 1.27. The van der Waals surface area contributed by atoms with Crippen LogP contribution in [0.1, 0.15) is 0 Å². The van der Waals surface area contributed by atoms with Crippen molar-refractivity contribution >= 4 is 16.6 Å². The van der Waals surface area contributed by atoms with Crippen LogP contribution >= 0.6 is 0 Å². The summed E-state index contributed by atoms with van der Waals surface area (Å²) in [5.41, 5.74) is 0.957. The second-order valence-corrected chi connectivity index (χ2v) is 4.10. The Morgan fingerprint density at radius 3 is 2.62 bits per heavy atom. The van der Waals surface area contributed by atoms with E-state index in [9.17, 15) is 0 Å². The molecule has 0 amide bonds. The van der Waals surface area contributed by atoms with Gasteiger partial charge in [0.2, 0.25) is 0 Å². The normalized spacial score (nSPS) is 9.43. The molecule has 0 aliphatic rings. The maximum atomic E-state index is 8.99. The van der Waals surface area contributed by atoms with Crippen molar-refractivity contribution in [2.24, 2.45) is 0 Å². The molecule has 0 aliphatic carbocycles. The molecule has 21 heavy (non-hydrogen) atoms. The van der Waals surface area contributed by atoms with Crippen molar-refractivity contribution in [3.63, 3.8) is 0 Å². The molecule has 1 aromatic carbocycles. The van der Waals surface area contributed by atoms with Gasteiger partial charge in [0, 0.05) is 17.3 Å². The molecule has 2 rings (SSSR count). The van der Waals surface area contributed by atoms with Crippen molar-refractivity contribution in [3.05, 3.63) is 35.7 Å². The quantitative estimate of drug-likeness (QED) is 0.812. The highest BCUT2D eigenvalue weighted by atomic mass is 16.3. The number of fused-ring (bicyclic) bond motifs is 1. The number of nitriles is 3. The summed E-state index contributed by atoms with van der Waals surface area (Å²) in [5.74, 6) is 0. The highest BCUT2D eigenvalue weighted by molar-refractivity contribution is 5.82. The number of aliphatic hydroxyl groups is 1. The Morgan fingerprint density at radius 2 is 2.00 bits per heavy atom. The minimum atomic E-state index is -0.270. The third-order valence-electron chi connectivity index (χ3n) is 2.74. The van der Waals surface area contributed by atoms with E-state index in [0.29, 0.717) is 12.2 Å². The number of aliphatic hydroxyl groups excluding tert-OH is 1. The standard InChI is InChI=1S/C14H10N6O/c15-6-11(7-16)14(8-17)18-12-1-2-13-10(5-12)9-20(19-13)3-4-21/h1-2,5,9,18,21H,3-4H2. The molecule has 2 N–H and O–H groups in total. The first-order chi connectivity index (χ1) is 10.2. The predicted molar refractivity (Wildman–Crippen MR) is 74.3 cm³/mol. The van der Waals surface area contributed by atoms with E-state index >= 15 is 0 Å². The van der Waals surface area contributed by atoms with E-state index in [1.165, 1.54) is 0 Å². The van der Waals surface area contributed by atoms with Crippen molar-refractivity contribution in [2.75, 3.05) is 11.9 Å². The fourth-order valence-corrected chi connectivity index (χ4v) is 1.80. The van der Waals surface area contributed by atoms with Crippen LogP contribution < -0.4 is 5.32 Å². The third-order valence-corrected chi connectivity index (χ3v) is 2.74. The first-order valence-electron chi connectivity index (χ1n) is 6.01. The molecule has 102 valence electrons. The van der Waals surface area contributed by atoms with Gasteiger partial charge in [0.25, 0.3) is 0 Å².